The Kier molecular flexibility index (Phi) is 7.48. The Morgan fingerprint density at radius 2 is 1.71 bits per heavy atom. The summed E-state index contributed by atoms with van der Waals surface area (Å²) >= 11 is 6.64. The molecule has 6 nitrogen and oxygen atoms in total. The van der Waals surface area contributed by atoms with E-state index in [0.717, 1.165) is 30.3 Å². The summed E-state index contributed by atoms with van der Waals surface area (Å²) in [6.07, 6.45) is 2.46. The first kappa shape index (κ1) is 24.2. The summed E-state index contributed by atoms with van der Waals surface area (Å²) in [6, 6.07) is 15.4. The predicted molar refractivity (Wildman–Crippen MR) is 138 cm³/mol. The average Bonchev–Trinajstić information content (AvgIpc) is 3.29. The number of ether oxygens (including phenoxy) is 1. The van der Waals surface area contributed by atoms with Crippen molar-refractivity contribution in [2.24, 2.45) is 0 Å². The molecule has 34 heavy (non-hydrogen) atoms. The highest BCUT2D eigenvalue weighted by Crippen LogP contribution is 2.46. The zero-order valence-corrected chi connectivity index (χ0v) is 20.8. The van der Waals surface area contributed by atoms with Crippen LogP contribution in [0, 0.1) is 0 Å². The highest BCUT2D eigenvalue weighted by atomic mass is 32.2. The van der Waals surface area contributed by atoms with Crippen LogP contribution < -0.4 is 4.90 Å². The van der Waals surface area contributed by atoms with Gasteiger partial charge in [-0.05, 0) is 24.5 Å². The normalized spacial score (nSPS) is 18.5. The van der Waals surface area contributed by atoms with E-state index < -0.39 is 17.9 Å². The van der Waals surface area contributed by atoms with Gasteiger partial charge >= 0.3 is 5.97 Å². The maximum Gasteiger partial charge on any atom is 0.333 e. The van der Waals surface area contributed by atoms with E-state index in [2.05, 4.69) is 6.92 Å². The van der Waals surface area contributed by atoms with Crippen molar-refractivity contribution < 1.29 is 19.1 Å². The van der Waals surface area contributed by atoms with Crippen LogP contribution in [0.2, 0.25) is 0 Å². The molecule has 1 fully saturated rings. The number of thiocarbonyl (C=S) groups is 1. The van der Waals surface area contributed by atoms with E-state index in [1.807, 2.05) is 37.3 Å². The van der Waals surface area contributed by atoms with Gasteiger partial charge in [-0.2, -0.15) is 0 Å². The molecular weight excluding hydrogens is 468 g/mol. The number of benzene rings is 2. The summed E-state index contributed by atoms with van der Waals surface area (Å²) in [6.45, 7) is 4.80. The quantitative estimate of drug-likeness (QED) is 0.289. The molecule has 0 N–H and O–H groups in total. The summed E-state index contributed by atoms with van der Waals surface area (Å²) in [4.78, 5) is 43.6. The van der Waals surface area contributed by atoms with Gasteiger partial charge in [-0.25, -0.2) is 4.79 Å². The van der Waals surface area contributed by atoms with Crippen molar-refractivity contribution in [2.75, 3.05) is 18.1 Å². The lowest BCUT2D eigenvalue weighted by atomic mass is 10.0. The van der Waals surface area contributed by atoms with Gasteiger partial charge in [0.1, 0.15) is 4.32 Å². The maximum absolute atomic E-state index is 13.8. The third kappa shape index (κ3) is 4.40. The number of hydrogen-bond donors (Lipinski definition) is 0. The van der Waals surface area contributed by atoms with Crippen molar-refractivity contribution in [3.8, 4) is 0 Å². The highest BCUT2D eigenvalue weighted by Gasteiger charge is 2.46. The molecular formula is C26H26N2O4S2. The summed E-state index contributed by atoms with van der Waals surface area (Å²) in [5, 5.41) is 0. The fourth-order valence-corrected chi connectivity index (χ4v) is 5.48. The second-order valence-electron chi connectivity index (χ2n) is 8.06. The van der Waals surface area contributed by atoms with Crippen molar-refractivity contribution >= 4 is 57.3 Å². The molecule has 2 heterocycles. The first-order valence-electron chi connectivity index (χ1n) is 11.4. The van der Waals surface area contributed by atoms with E-state index in [4.69, 9.17) is 17.0 Å². The Morgan fingerprint density at radius 3 is 2.41 bits per heavy atom. The molecule has 0 radical (unpaired) electrons. The van der Waals surface area contributed by atoms with Crippen molar-refractivity contribution in [1.29, 1.82) is 0 Å². The van der Waals surface area contributed by atoms with Gasteiger partial charge in [-0.1, -0.05) is 92.8 Å². The molecule has 1 saturated heterocycles. The minimum Gasteiger partial charge on any atom is -0.464 e. The summed E-state index contributed by atoms with van der Waals surface area (Å²) in [7, 11) is 0. The smallest absolute Gasteiger partial charge is 0.333 e. The molecule has 0 aromatic heterocycles. The largest absolute Gasteiger partial charge is 0.464 e. The number of rotatable bonds is 8. The molecule has 8 heteroatoms. The number of esters is 1. The summed E-state index contributed by atoms with van der Waals surface area (Å²) in [5.41, 5.74) is 2.46. The lowest BCUT2D eigenvalue weighted by Crippen LogP contribution is -2.38. The summed E-state index contributed by atoms with van der Waals surface area (Å²) in [5.74, 6) is -1.20. The van der Waals surface area contributed by atoms with Crippen LogP contribution in [0.1, 0.15) is 50.3 Å². The van der Waals surface area contributed by atoms with Crippen LogP contribution >= 0.6 is 24.0 Å². The molecule has 0 aliphatic carbocycles. The SMILES string of the molecule is CCCCN1C(=O)/C(=C2\SC(=S)N(C(C(=O)OCCC)c3ccccc3)C2=O)c2ccccc21. The van der Waals surface area contributed by atoms with Gasteiger partial charge in [0.05, 0.1) is 22.8 Å². The van der Waals surface area contributed by atoms with Gasteiger partial charge in [0.15, 0.2) is 6.04 Å². The Morgan fingerprint density at radius 1 is 1.00 bits per heavy atom. The van der Waals surface area contributed by atoms with Crippen LogP contribution in [-0.2, 0) is 19.1 Å². The number of thioether (sulfide) groups is 1. The minimum atomic E-state index is -1.01. The van der Waals surface area contributed by atoms with Gasteiger partial charge < -0.3 is 9.64 Å². The van der Waals surface area contributed by atoms with Crippen LogP contribution in [0.5, 0.6) is 0 Å². The number of hydrogen-bond acceptors (Lipinski definition) is 6. The molecule has 2 aromatic carbocycles. The fourth-order valence-electron chi connectivity index (χ4n) is 4.10. The van der Waals surface area contributed by atoms with Crippen LogP contribution in [0.15, 0.2) is 59.5 Å². The molecule has 0 spiro atoms. The zero-order valence-electron chi connectivity index (χ0n) is 19.2. The first-order valence-corrected chi connectivity index (χ1v) is 12.6. The fraction of sp³-hybridized carbons (Fsp3) is 0.308. The summed E-state index contributed by atoms with van der Waals surface area (Å²) < 4.78 is 5.65. The third-order valence-electron chi connectivity index (χ3n) is 5.73. The van der Waals surface area contributed by atoms with E-state index >= 15 is 0 Å². The first-order chi connectivity index (χ1) is 16.5. The molecule has 0 bridgehead atoms. The second kappa shape index (κ2) is 10.5. The Bertz CT molecular complexity index is 1160. The van der Waals surface area contributed by atoms with Crippen molar-refractivity contribution in [3.05, 3.63) is 70.6 Å². The number of amides is 2. The maximum atomic E-state index is 13.8. The highest BCUT2D eigenvalue weighted by molar-refractivity contribution is 8.26. The number of carbonyl (C=O) groups excluding carboxylic acids is 3. The van der Waals surface area contributed by atoms with E-state index in [1.54, 1.807) is 29.2 Å². The lowest BCUT2D eigenvalue weighted by Gasteiger charge is -2.25. The number of fused-ring (bicyclic) bond motifs is 1. The van der Waals surface area contributed by atoms with Crippen LogP contribution in [0.4, 0.5) is 5.69 Å². The molecule has 1 atom stereocenters. The third-order valence-corrected chi connectivity index (χ3v) is 7.13. The van der Waals surface area contributed by atoms with E-state index in [9.17, 15) is 14.4 Å². The molecule has 2 aliphatic rings. The van der Waals surface area contributed by atoms with Crippen LogP contribution in [0.25, 0.3) is 5.57 Å². The average molecular weight is 495 g/mol. The van der Waals surface area contributed by atoms with E-state index in [0.29, 0.717) is 29.7 Å². The molecule has 2 aromatic rings. The Hall–Kier alpha value is -2.97. The molecule has 2 aliphatic heterocycles. The predicted octanol–water partition coefficient (Wildman–Crippen LogP) is 5.10. The van der Waals surface area contributed by atoms with Crippen molar-refractivity contribution in [2.45, 2.75) is 39.2 Å². The monoisotopic (exact) mass is 494 g/mol. The number of carbonyl (C=O) groups is 3. The molecule has 176 valence electrons. The van der Waals surface area contributed by atoms with E-state index in [1.165, 1.54) is 4.90 Å². The van der Waals surface area contributed by atoms with E-state index in [-0.39, 0.29) is 21.7 Å². The van der Waals surface area contributed by atoms with Crippen LogP contribution in [0.3, 0.4) is 0 Å². The molecule has 0 saturated carbocycles. The molecule has 2 amide bonds. The number of anilines is 1. The number of para-hydroxylation sites is 1. The van der Waals surface area contributed by atoms with Gasteiger partial charge in [0.25, 0.3) is 11.8 Å². The minimum absolute atomic E-state index is 0.208. The van der Waals surface area contributed by atoms with Gasteiger partial charge in [0.2, 0.25) is 0 Å². The lowest BCUT2D eigenvalue weighted by molar-refractivity contribution is -0.151. The second-order valence-corrected chi connectivity index (χ2v) is 9.70. The van der Waals surface area contributed by atoms with Crippen molar-refractivity contribution in [1.82, 2.24) is 4.90 Å². The zero-order chi connectivity index (χ0) is 24.2. The number of unbranched alkanes of at least 4 members (excludes halogenated alkanes) is 1. The molecule has 1 unspecified atom stereocenters. The van der Waals surface area contributed by atoms with Gasteiger partial charge in [-0.15, -0.1) is 0 Å². The van der Waals surface area contributed by atoms with Crippen molar-refractivity contribution in [3.63, 3.8) is 0 Å². The van der Waals surface area contributed by atoms with Crippen LogP contribution in [-0.4, -0.2) is 40.2 Å². The van der Waals surface area contributed by atoms with Gasteiger partial charge in [0, 0.05) is 12.1 Å². The Labute approximate surface area is 208 Å². The standard InChI is InChI=1S/C26H26N2O4S2/c1-3-5-15-27-19-14-10-9-13-18(19)20(23(27)29)22-24(30)28(26(33)34-22)21(25(31)32-16-4-2)17-11-7-6-8-12-17/h6-14,21H,3-5,15-16H2,1-2H3/b22-20-. The Balaban J connectivity index is 1.77. The van der Waals surface area contributed by atoms with Gasteiger partial charge in [-0.3, -0.25) is 14.5 Å². The number of nitrogens with zero attached hydrogens (tertiary/aromatic N) is 2. The molecule has 4 rings (SSSR count). The topological polar surface area (TPSA) is 66.9 Å².